The van der Waals surface area contributed by atoms with Crippen molar-refractivity contribution in [2.24, 2.45) is 5.73 Å². The zero-order valence-corrected chi connectivity index (χ0v) is 11.2. The second-order valence-corrected chi connectivity index (χ2v) is 4.45. The molecule has 2 rings (SSSR count). The highest BCUT2D eigenvalue weighted by Crippen LogP contribution is 2.16. The third kappa shape index (κ3) is 3.55. The van der Waals surface area contributed by atoms with E-state index in [0.29, 0.717) is 18.8 Å². The van der Waals surface area contributed by atoms with Crippen molar-refractivity contribution in [1.82, 2.24) is 4.98 Å². The van der Waals surface area contributed by atoms with Crippen molar-refractivity contribution in [2.75, 3.05) is 18.1 Å². The van der Waals surface area contributed by atoms with Gasteiger partial charge in [0.05, 0.1) is 18.5 Å². The molecule has 4 N–H and O–H groups in total. The molecule has 0 aliphatic carbocycles. The quantitative estimate of drug-likeness (QED) is 0.546. The van der Waals surface area contributed by atoms with Gasteiger partial charge >= 0.3 is 0 Å². The summed E-state index contributed by atoms with van der Waals surface area (Å²) in [5.41, 5.74) is 7.91. The number of nitrogens with two attached hydrogens (primary N) is 1. The van der Waals surface area contributed by atoms with E-state index in [1.165, 1.54) is 0 Å². The van der Waals surface area contributed by atoms with Gasteiger partial charge in [0.25, 0.3) is 0 Å². The number of nitrogens with one attached hydrogen (secondary N) is 1. The lowest BCUT2D eigenvalue weighted by Gasteiger charge is -2.23. The molecule has 0 bridgehead atoms. The summed E-state index contributed by atoms with van der Waals surface area (Å²) in [4.78, 5) is 6.18. The van der Waals surface area contributed by atoms with Crippen LogP contribution in [0, 0.1) is 5.41 Å². The van der Waals surface area contributed by atoms with Gasteiger partial charge in [0, 0.05) is 13.1 Å². The van der Waals surface area contributed by atoms with E-state index in [9.17, 15) is 5.11 Å². The number of rotatable bonds is 6. The highest BCUT2D eigenvalue weighted by molar-refractivity contribution is 5.93. The molecular weight excluding hydrogens is 252 g/mol. The first kappa shape index (κ1) is 14.0. The third-order valence-electron chi connectivity index (χ3n) is 2.98. The number of nitrogen functional groups attached to an aromatic ring is 1. The summed E-state index contributed by atoms with van der Waals surface area (Å²) in [5, 5.41) is 16.5. The summed E-state index contributed by atoms with van der Waals surface area (Å²) < 4.78 is 0. The Kier molecular flexibility index (Phi) is 4.68. The average Bonchev–Trinajstić information content (AvgIpc) is 2.48. The largest absolute Gasteiger partial charge is 0.395 e. The zero-order valence-electron chi connectivity index (χ0n) is 11.2. The first-order chi connectivity index (χ1) is 9.70. The minimum atomic E-state index is -0.0479. The van der Waals surface area contributed by atoms with Gasteiger partial charge < -0.3 is 15.7 Å². The lowest BCUT2D eigenvalue weighted by molar-refractivity contribution is 0.301. The van der Waals surface area contributed by atoms with Crippen LogP contribution < -0.4 is 10.6 Å². The fraction of sp³-hybridized carbons (Fsp3) is 0.200. The van der Waals surface area contributed by atoms with Crippen LogP contribution in [-0.2, 0) is 6.54 Å². The Morgan fingerprint density at radius 2 is 1.95 bits per heavy atom. The Morgan fingerprint density at radius 1 is 1.20 bits per heavy atom. The van der Waals surface area contributed by atoms with Crippen molar-refractivity contribution < 1.29 is 5.11 Å². The molecule has 1 aromatic heterocycles. The van der Waals surface area contributed by atoms with Crippen molar-refractivity contribution >= 4 is 11.5 Å². The SMILES string of the molecule is N=C(N)c1ccc(N(CCO)Cc2ccccc2)cn1. The molecule has 20 heavy (non-hydrogen) atoms. The normalized spacial score (nSPS) is 10.2. The van der Waals surface area contributed by atoms with Crippen LogP contribution in [0.2, 0.25) is 0 Å². The van der Waals surface area contributed by atoms with Crippen LogP contribution in [0.4, 0.5) is 5.69 Å². The molecule has 0 radical (unpaired) electrons. The van der Waals surface area contributed by atoms with E-state index in [0.717, 1.165) is 11.3 Å². The highest BCUT2D eigenvalue weighted by atomic mass is 16.3. The van der Waals surface area contributed by atoms with Crippen molar-refractivity contribution in [3.8, 4) is 0 Å². The second kappa shape index (κ2) is 6.68. The molecule has 0 atom stereocenters. The molecule has 0 saturated heterocycles. The first-order valence-electron chi connectivity index (χ1n) is 6.41. The number of aliphatic hydroxyl groups is 1. The number of aromatic nitrogens is 1. The maximum absolute atomic E-state index is 9.20. The van der Waals surface area contributed by atoms with E-state index in [-0.39, 0.29) is 12.4 Å². The van der Waals surface area contributed by atoms with Crippen LogP contribution in [-0.4, -0.2) is 29.1 Å². The number of aliphatic hydroxyl groups excluding tert-OH is 1. The van der Waals surface area contributed by atoms with Gasteiger partial charge in [-0.1, -0.05) is 30.3 Å². The van der Waals surface area contributed by atoms with Crippen molar-refractivity contribution in [3.63, 3.8) is 0 Å². The zero-order chi connectivity index (χ0) is 14.4. The van der Waals surface area contributed by atoms with Gasteiger partial charge in [-0.25, -0.2) is 0 Å². The van der Waals surface area contributed by atoms with E-state index in [1.54, 1.807) is 12.3 Å². The monoisotopic (exact) mass is 270 g/mol. The fourth-order valence-electron chi connectivity index (χ4n) is 1.96. The van der Waals surface area contributed by atoms with Gasteiger partial charge in [0.1, 0.15) is 11.5 Å². The molecule has 104 valence electrons. The van der Waals surface area contributed by atoms with E-state index in [4.69, 9.17) is 11.1 Å². The number of pyridine rings is 1. The number of nitrogens with zero attached hydrogens (tertiary/aromatic N) is 2. The maximum Gasteiger partial charge on any atom is 0.141 e. The number of amidine groups is 1. The van der Waals surface area contributed by atoms with Crippen LogP contribution in [0.3, 0.4) is 0 Å². The molecule has 0 fully saturated rings. The highest BCUT2D eigenvalue weighted by Gasteiger charge is 2.08. The molecule has 5 heteroatoms. The Labute approximate surface area is 118 Å². The lowest BCUT2D eigenvalue weighted by atomic mass is 10.2. The van der Waals surface area contributed by atoms with Gasteiger partial charge in [-0.05, 0) is 17.7 Å². The van der Waals surface area contributed by atoms with Crippen molar-refractivity contribution in [1.29, 1.82) is 5.41 Å². The van der Waals surface area contributed by atoms with Crippen LogP contribution >= 0.6 is 0 Å². The van der Waals surface area contributed by atoms with Crippen LogP contribution in [0.15, 0.2) is 48.7 Å². The Hall–Kier alpha value is -2.40. The van der Waals surface area contributed by atoms with Crippen LogP contribution in [0.5, 0.6) is 0 Å². The number of anilines is 1. The van der Waals surface area contributed by atoms with Gasteiger partial charge in [0.2, 0.25) is 0 Å². The molecule has 1 heterocycles. The molecule has 5 nitrogen and oxygen atoms in total. The van der Waals surface area contributed by atoms with Crippen LogP contribution in [0.1, 0.15) is 11.3 Å². The minimum Gasteiger partial charge on any atom is -0.395 e. The Morgan fingerprint density at radius 3 is 2.50 bits per heavy atom. The van der Waals surface area contributed by atoms with Crippen molar-refractivity contribution in [2.45, 2.75) is 6.54 Å². The topological polar surface area (TPSA) is 86.2 Å². The number of hydrogen-bond donors (Lipinski definition) is 3. The average molecular weight is 270 g/mol. The fourth-order valence-corrected chi connectivity index (χ4v) is 1.96. The third-order valence-corrected chi connectivity index (χ3v) is 2.98. The molecule has 0 aliphatic heterocycles. The van der Waals surface area contributed by atoms with Gasteiger partial charge in [-0.15, -0.1) is 0 Å². The number of hydrogen-bond acceptors (Lipinski definition) is 4. The summed E-state index contributed by atoms with van der Waals surface area (Å²) in [5.74, 6) is -0.0479. The summed E-state index contributed by atoms with van der Waals surface area (Å²) >= 11 is 0. The van der Waals surface area contributed by atoms with E-state index in [1.807, 2.05) is 41.3 Å². The predicted molar refractivity (Wildman–Crippen MR) is 79.8 cm³/mol. The molecule has 0 unspecified atom stereocenters. The minimum absolute atomic E-state index is 0.0479. The molecule has 0 aliphatic rings. The molecule has 0 saturated carbocycles. The van der Waals surface area contributed by atoms with Crippen LogP contribution in [0.25, 0.3) is 0 Å². The van der Waals surface area contributed by atoms with E-state index >= 15 is 0 Å². The van der Waals surface area contributed by atoms with Gasteiger partial charge in [-0.2, -0.15) is 0 Å². The van der Waals surface area contributed by atoms with Gasteiger partial charge in [-0.3, -0.25) is 10.4 Å². The van der Waals surface area contributed by atoms with Crippen molar-refractivity contribution in [3.05, 3.63) is 59.9 Å². The Bertz CT molecular complexity index is 554. The summed E-state index contributed by atoms with van der Waals surface area (Å²) in [6.45, 7) is 1.29. The first-order valence-corrected chi connectivity index (χ1v) is 6.41. The standard InChI is InChI=1S/C15H18N4O/c16-15(17)14-7-6-13(10-18-14)19(8-9-20)11-12-4-2-1-3-5-12/h1-7,10,20H,8-9,11H2,(H3,16,17). The molecule has 2 aromatic rings. The second-order valence-electron chi connectivity index (χ2n) is 4.45. The molecule has 0 spiro atoms. The molecule has 0 amide bonds. The smallest absolute Gasteiger partial charge is 0.141 e. The summed E-state index contributed by atoms with van der Waals surface area (Å²) in [6, 6.07) is 13.6. The molecular formula is C15H18N4O. The van der Waals surface area contributed by atoms with E-state index < -0.39 is 0 Å². The number of benzene rings is 1. The molecule has 1 aromatic carbocycles. The lowest BCUT2D eigenvalue weighted by Crippen LogP contribution is -2.26. The van der Waals surface area contributed by atoms with Gasteiger partial charge in [0.15, 0.2) is 0 Å². The summed E-state index contributed by atoms with van der Waals surface area (Å²) in [6.07, 6.45) is 1.68. The predicted octanol–water partition coefficient (Wildman–Crippen LogP) is 1.36. The Balaban J connectivity index is 2.17. The summed E-state index contributed by atoms with van der Waals surface area (Å²) in [7, 11) is 0. The van der Waals surface area contributed by atoms with E-state index in [2.05, 4.69) is 4.98 Å². The maximum atomic E-state index is 9.20.